The molecule has 0 amide bonds. The number of ether oxygens (including phenoxy) is 1. The molecule has 0 atom stereocenters. The van der Waals surface area contributed by atoms with Crippen LogP contribution in [0.25, 0.3) is 76.9 Å². The average Bonchev–Trinajstić information content (AvgIpc) is 3.89. The number of hydrogen-bond acceptors (Lipinski definition) is 1. The van der Waals surface area contributed by atoms with Crippen LogP contribution in [-0.2, 0) is 5.41 Å². The molecule has 0 bridgehead atoms. The Kier molecular flexibility index (Phi) is 5.83. The van der Waals surface area contributed by atoms with Crippen molar-refractivity contribution in [3.8, 4) is 34.0 Å². The highest BCUT2D eigenvalue weighted by Crippen LogP contribution is 2.63. The summed E-state index contributed by atoms with van der Waals surface area (Å²) >= 11 is 0. The molecule has 3 nitrogen and oxygen atoms in total. The lowest BCUT2D eigenvalue weighted by molar-refractivity contribution is 0.440. The van der Waals surface area contributed by atoms with Crippen LogP contribution in [-0.4, -0.2) is 9.13 Å². The second kappa shape index (κ2) is 10.9. The molecule has 0 unspecified atom stereocenters. The zero-order valence-electron chi connectivity index (χ0n) is 30.3. The SMILES string of the molecule is c1ccc2c(c1)Oc1c(ccc3c4ccc5ccccc5c4n(-c4ccc(-n5c6ccccc6c6ccccc65)cc4)c13)C21c2ccccc2-c2ccccc21. The van der Waals surface area contributed by atoms with E-state index in [-0.39, 0.29) is 0 Å². The predicted molar refractivity (Wildman–Crippen MR) is 230 cm³/mol. The molecule has 0 saturated carbocycles. The lowest BCUT2D eigenvalue weighted by Gasteiger charge is -2.39. The lowest BCUT2D eigenvalue weighted by Crippen LogP contribution is -2.32. The predicted octanol–water partition coefficient (Wildman–Crippen LogP) is 13.5. The molecule has 11 aromatic rings. The summed E-state index contributed by atoms with van der Waals surface area (Å²) in [5.41, 5.74) is 13.8. The zero-order valence-corrected chi connectivity index (χ0v) is 30.3. The van der Waals surface area contributed by atoms with Crippen molar-refractivity contribution >= 4 is 54.4 Å². The summed E-state index contributed by atoms with van der Waals surface area (Å²) in [6.07, 6.45) is 0. The molecule has 1 aliphatic carbocycles. The van der Waals surface area contributed by atoms with Crippen LogP contribution < -0.4 is 4.74 Å². The molecule has 0 fully saturated rings. The fourth-order valence-electron chi connectivity index (χ4n) is 10.4. The fourth-order valence-corrected chi connectivity index (χ4v) is 10.4. The molecule has 1 spiro atoms. The van der Waals surface area contributed by atoms with E-state index in [0.29, 0.717) is 0 Å². The van der Waals surface area contributed by atoms with Gasteiger partial charge in [0.05, 0.1) is 27.5 Å². The molecule has 56 heavy (non-hydrogen) atoms. The summed E-state index contributed by atoms with van der Waals surface area (Å²) in [6, 6.07) is 71.1. The zero-order chi connectivity index (χ0) is 36.5. The van der Waals surface area contributed by atoms with Gasteiger partial charge in [-0.25, -0.2) is 0 Å². The third kappa shape index (κ3) is 3.67. The van der Waals surface area contributed by atoms with Gasteiger partial charge in [-0.1, -0.05) is 152 Å². The Bertz CT molecular complexity index is 3360. The summed E-state index contributed by atoms with van der Waals surface area (Å²) in [6.45, 7) is 0. The molecule has 3 heterocycles. The van der Waals surface area contributed by atoms with Gasteiger partial charge < -0.3 is 13.9 Å². The Morgan fingerprint density at radius 3 is 1.55 bits per heavy atom. The van der Waals surface area contributed by atoms with Gasteiger partial charge in [0.1, 0.15) is 5.75 Å². The van der Waals surface area contributed by atoms with Gasteiger partial charge >= 0.3 is 0 Å². The summed E-state index contributed by atoms with van der Waals surface area (Å²) in [7, 11) is 0. The van der Waals surface area contributed by atoms with Gasteiger partial charge in [-0.05, 0) is 70.1 Å². The summed E-state index contributed by atoms with van der Waals surface area (Å²) in [4.78, 5) is 0. The average molecular weight is 713 g/mol. The van der Waals surface area contributed by atoms with Crippen molar-refractivity contribution < 1.29 is 4.74 Å². The quantitative estimate of drug-likeness (QED) is 0.175. The van der Waals surface area contributed by atoms with E-state index in [9.17, 15) is 0 Å². The van der Waals surface area contributed by atoms with Crippen molar-refractivity contribution in [1.29, 1.82) is 0 Å². The van der Waals surface area contributed by atoms with E-state index in [4.69, 9.17) is 4.74 Å². The molecule has 0 saturated heterocycles. The van der Waals surface area contributed by atoms with Gasteiger partial charge in [0.25, 0.3) is 0 Å². The fraction of sp³-hybridized carbons (Fsp3) is 0.0189. The van der Waals surface area contributed by atoms with Gasteiger partial charge in [-0.15, -0.1) is 0 Å². The number of aromatic nitrogens is 2. The number of benzene rings is 9. The van der Waals surface area contributed by atoms with Gasteiger partial charge in [0.2, 0.25) is 0 Å². The van der Waals surface area contributed by atoms with Crippen molar-refractivity contribution in [2.75, 3.05) is 0 Å². The van der Waals surface area contributed by atoms with Crippen LogP contribution in [0.4, 0.5) is 0 Å². The number of rotatable bonds is 2. The molecule has 3 heteroatoms. The van der Waals surface area contributed by atoms with Crippen LogP contribution in [0.5, 0.6) is 11.5 Å². The van der Waals surface area contributed by atoms with Crippen LogP contribution in [0.3, 0.4) is 0 Å². The van der Waals surface area contributed by atoms with Crippen molar-refractivity contribution in [3.05, 3.63) is 216 Å². The lowest BCUT2D eigenvalue weighted by atomic mass is 9.66. The monoisotopic (exact) mass is 712 g/mol. The summed E-state index contributed by atoms with van der Waals surface area (Å²) < 4.78 is 12.1. The first-order valence-corrected chi connectivity index (χ1v) is 19.4. The third-order valence-electron chi connectivity index (χ3n) is 12.6. The smallest absolute Gasteiger partial charge is 0.156 e. The van der Waals surface area contributed by atoms with E-state index in [1.165, 1.54) is 76.7 Å². The van der Waals surface area contributed by atoms with Gasteiger partial charge in [0, 0.05) is 49.4 Å². The standard InChI is InChI=1S/C53H32N2O/c1-2-14-36-33(13-1)25-30-41-42-31-32-46-52(56-49-24-12-9-21-45(49)53(46)43-19-7-3-15-37(43)38-16-4-8-20-44(38)53)51(42)55(50(36)41)35-28-26-34(27-29-35)54-47-22-10-5-17-39(47)40-18-6-11-23-48(40)54/h1-32H. The Labute approximate surface area is 322 Å². The van der Waals surface area contributed by atoms with Gasteiger partial charge in [-0.3, -0.25) is 0 Å². The molecular weight excluding hydrogens is 681 g/mol. The largest absolute Gasteiger partial charge is 0.454 e. The number of nitrogens with zero attached hydrogens (tertiary/aromatic N) is 2. The minimum Gasteiger partial charge on any atom is -0.454 e. The molecule has 0 radical (unpaired) electrons. The highest BCUT2D eigenvalue weighted by atomic mass is 16.5. The number of hydrogen-bond donors (Lipinski definition) is 0. The molecule has 0 N–H and O–H groups in total. The van der Waals surface area contributed by atoms with Crippen molar-refractivity contribution in [2.45, 2.75) is 5.41 Å². The Hall–Kier alpha value is -7.36. The van der Waals surface area contributed by atoms with Crippen molar-refractivity contribution in [1.82, 2.24) is 9.13 Å². The first-order valence-electron chi connectivity index (χ1n) is 19.4. The third-order valence-corrected chi connectivity index (χ3v) is 12.6. The highest BCUT2D eigenvalue weighted by molar-refractivity contribution is 6.20. The molecular formula is C53H32N2O. The van der Waals surface area contributed by atoms with E-state index >= 15 is 0 Å². The van der Waals surface area contributed by atoms with Crippen LogP contribution in [0.2, 0.25) is 0 Å². The van der Waals surface area contributed by atoms with E-state index in [2.05, 4.69) is 203 Å². The Balaban J connectivity index is 1.14. The van der Waals surface area contributed by atoms with Gasteiger partial charge in [-0.2, -0.15) is 0 Å². The maximum Gasteiger partial charge on any atom is 0.156 e. The van der Waals surface area contributed by atoms with E-state index in [0.717, 1.165) is 34.0 Å². The second-order valence-corrected chi connectivity index (χ2v) is 15.2. The minimum absolute atomic E-state index is 0.546. The highest BCUT2D eigenvalue weighted by Gasteiger charge is 2.51. The second-order valence-electron chi connectivity index (χ2n) is 15.2. The maximum absolute atomic E-state index is 7.27. The van der Waals surface area contributed by atoms with E-state index in [1.807, 2.05) is 0 Å². The first-order chi connectivity index (χ1) is 27.8. The van der Waals surface area contributed by atoms with E-state index < -0.39 is 5.41 Å². The van der Waals surface area contributed by atoms with Crippen LogP contribution in [0, 0.1) is 0 Å². The minimum atomic E-state index is -0.546. The maximum atomic E-state index is 7.27. The Morgan fingerprint density at radius 1 is 0.339 bits per heavy atom. The molecule has 2 aromatic heterocycles. The molecule has 260 valence electrons. The van der Waals surface area contributed by atoms with Crippen LogP contribution in [0.1, 0.15) is 22.3 Å². The molecule has 1 aliphatic heterocycles. The first kappa shape index (κ1) is 30.0. The molecule has 13 rings (SSSR count). The van der Waals surface area contributed by atoms with E-state index in [1.54, 1.807) is 0 Å². The van der Waals surface area contributed by atoms with Crippen LogP contribution >= 0.6 is 0 Å². The van der Waals surface area contributed by atoms with Crippen LogP contribution in [0.15, 0.2) is 194 Å². The van der Waals surface area contributed by atoms with Crippen molar-refractivity contribution in [2.24, 2.45) is 0 Å². The van der Waals surface area contributed by atoms with Crippen molar-refractivity contribution in [3.63, 3.8) is 0 Å². The summed E-state index contributed by atoms with van der Waals surface area (Å²) in [5, 5.41) is 7.31. The summed E-state index contributed by atoms with van der Waals surface area (Å²) in [5.74, 6) is 1.79. The number of fused-ring (bicyclic) bond motifs is 18. The molecule has 2 aliphatic rings. The topological polar surface area (TPSA) is 19.1 Å². The molecule has 9 aromatic carbocycles. The Morgan fingerprint density at radius 2 is 0.857 bits per heavy atom. The number of para-hydroxylation sites is 3. The normalized spacial score (nSPS) is 13.6. The van der Waals surface area contributed by atoms with Gasteiger partial charge in [0.15, 0.2) is 5.75 Å².